The third-order valence-corrected chi connectivity index (χ3v) is 18.4. The molecule has 0 unspecified atom stereocenters. The Balaban J connectivity index is 1.14. The second-order valence-corrected chi connectivity index (χ2v) is 28.0. The summed E-state index contributed by atoms with van der Waals surface area (Å²) in [5, 5.41) is 17.8. The van der Waals surface area contributed by atoms with Gasteiger partial charge in [0.2, 0.25) is 0 Å². The van der Waals surface area contributed by atoms with E-state index < -0.39 is 0 Å². The second kappa shape index (κ2) is 17.1. The maximum atomic E-state index is 2.69. The van der Waals surface area contributed by atoms with E-state index in [4.69, 9.17) is 0 Å². The predicted octanol–water partition coefficient (Wildman–Crippen LogP) is 20.1. The van der Waals surface area contributed by atoms with Crippen LogP contribution in [0.25, 0.3) is 86.5 Å². The van der Waals surface area contributed by atoms with Crippen molar-refractivity contribution in [2.75, 3.05) is 9.80 Å². The molecule has 0 atom stereocenters. The van der Waals surface area contributed by atoms with Gasteiger partial charge in [-0.2, -0.15) is 0 Å². The van der Waals surface area contributed by atoms with E-state index in [0.29, 0.717) is 0 Å². The molecule has 15 rings (SSSR count). The van der Waals surface area contributed by atoms with Gasteiger partial charge in [-0.05, 0) is 220 Å². The zero-order valence-electron chi connectivity index (χ0n) is 49.0. The Labute approximate surface area is 478 Å². The minimum atomic E-state index is -0.105. The fourth-order valence-corrected chi connectivity index (χ4v) is 13.8. The van der Waals surface area contributed by atoms with Gasteiger partial charge in [-0.25, -0.2) is 0 Å². The van der Waals surface area contributed by atoms with E-state index in [1.54, 1.807) is 0 Å². The molecule has 13 aromatic carbocycles. The van der Waals surface area contributed by atoms with Crippen molar-refractivity contribution in [3.63, 3.8) is 0 Å². The van der Waals surface area contributed by atoms with Gasteiger partial charge in [0.05, 0.1) is 0 Å². The standard InChI is InChI=1S/C78H69BN2/c1-75(2,3)58-40-59(76(4,5)6)43-62(42-58)80-68-36-55-32-51-20-15-13-18-49(51)30-53(55)34-66(68)79-67-35-54-31-50-19-14-16-21-52(50)33-56(54)37-69(67)81(63-44-60(77(7,8)9)41-61(45-63)78(10,11)12)71-39-57(38-70(80)74(71)79)64-28-26-48-25-24-46-22-17-23-47-27-29-65(64)73(48)72(46)47/h13-45H,1-12H3. The Morgan fingerprint density at radius 2 is 0.642 bits per heavy atom. The van der Waals surface area contributed by atoms with E-state index >= 15 is 0 Å². The van der Waals surface area contributed by atoms with Gasteiger partial charge in [0.15, 0.2) is 0 Å². The molecular weight excluding hydrogens is 976 g/mol. The summed E-state index contributed by atoms with van der Waals surface area (Å²) in [4.78, 5) is 5.38. The lowest BCUT2D eigenvalue weighted by molar-refractivity contribution is 0.568. The van der Waals surface area contributed by atoms with Crippen molar-refractivity contribution in [3.05, 3.63) is 222 Å². The van der Waals surface area contributed by atoms with Crippen molar-refractivity contribution in [1.29, 1.82) is 0 Å². The summed E-state index contributed by atoms with van der Waals surface area (Å²) in [7, 11) is 0. The van der Waals surface area contributed by atoms with E-state index in [-0.39, 0.29) is 28.4 Å². The van der Waals surface area contributed by atoms with Gasteiger partial charge in [-0.1, -0.05) is 210 Å². The van der Waals surface area contributed by atoms with Crippen LogP contribution in [0.15, 0.2) is 200 Å². The molecule has 13 aromatic rings. The van der Waals surface area contributed by atoms with E-state index in [9.17, 15) is 0 Å². The van der Waals surface area contributed by atoms with Crippen molar-refractivity contribution in [1.82, 2.24) is 0 Å². The minimum absolute atomic E-state index is 0.101. The van der Waals surface area contributed by atoms with Crippen molar-refractivity contribution < 1.29 is 0 Å². The predicted molar refractivity (Wildman–Crippen MR) is 354 cm³/mol. The Morgan fingerprint density at radius 3 is 1.05 bits per heavy atom. The molecule has 0 spiro atoms. The Kier molecular flexibility index (Phi) is 10.5. The Morgan fingerprint density at radius 1 is 0.284 bits per heavy atom. The van der Waals surface area contributed by atoms with Crippen molar-refractivity contribution in [3.8, 4) is 11.1 Å². The van der Waals surface area contributed by atoms with Crippen LogP contribution in [0.4, 0.5) is 34.1 Å². The van der Waals surface area contributed by atoms with Crippen LogP contribution in [0.3, 0.4) is 0 Å². The van der Waals surface area contributed by atoms with Crippen molar-refractivity contribution in [2.45, 2.75) is 105 Å². The van der Waals surface area contributed by atoms with Crippen LogP contribution in [0.1, 0.15) is 105 Å². The molecule has 2 aliphatic heterocycles. The lowest BCUT2D eigenvalue weighted by Crippen LogP contribution is -2.61. The monoisotopic (exact) mass is 1040 g/mol. The van der Waals surface area contributed by atoms with Crippen LogP contribution in [0.2, 0.25) is 0 Å². The Bertz CT molecular complexity index is 4510. The third kappa shape index (κ3) is 7.82. The van der Waals surface area contributed by atoms with Gasteiger partial charge >= 0.3 is 0 Å². The number of rotatable bonds is 3. The molecule has 2 aliphatic rings. The van der Waals surface area contributed by atoms with E-state index in [1.165, 1.54) is 159 Å². The maximum absolute atomic E-state index is 2.69. The van der Waals surface area contributed by atoms with Gasteiger partial charge in [-0.15, -0.1) is 0 Å². The molecule has 394 valence electrons. The van der Waals surface area contributed by atoms with Crippen LogP contribution < -0.4 is 26.2 Å². The first-order valence-corrected chi connectivity index (χ1v) is 29.3. The molecule has 2 heterocycles. The molecule has 0 saturated carbocycles. The first-order chi connectivity index (χ1) is 38.6. The summed E-state index contributed by atoms with van der Waals surface area (Å²) >= 11 is 0. The van der Waals surface area contributed by atoms with Crippen LogP contribution >= 0.6 is 0 Å². The summed E-state index contributed by atoms with van der Waals surface area (Å²) in [6.45, 7) is 28.3. The van der Waals surface area contributed by atoms with E-state index in [1.807, 2.05) is 0 Å². The number of hydrogen-bond donors (Lipinski definition) is 0. The normalized spacial score (nSPS) is 13.9. The molecule has 0 aromatic heterocycles. The average molecular weight is 1050 g/mol. The van der Waals surface area contributed by atoms with Gasteiger partial charge in [0.25, 0.3) is 6.71 Å². The lowest BCUT2D eigenvalue weighted by atomic mass is 9.33. The summed E-state index contributed by atoms with van der Waals surface area (Å²) in [6.07, 6.45) is 0. The molecule has 0 amide bonds. The first-order valence-electron chi connectivity index (χ1n) is 29.3. The van der Waals surface area contributed by atoms with E-state index in [0.717, 1.165) is 0 Å². The molecular formula is C78H69BN2. The molecule has 2 nitrogen and oxygen atoms in total. The number of benzene rings is 13. The van der Waals surface area contributed by atoms with Crippen LogP contribution in [0, 0.1) is 0 Å². The highest BCUT2D eigenvalue weighted by Crippen LogP contribution is 2.51. The topological polar surface area (TPSA) is 6.48 Å². The lowest BCUT2D eigenvalue weighted by Gasteiger charge is -2.45. The largest absolute Gasteiger partial charge is 0.311 e. The zero-order valence-corrected chi connectivity index (χ0v) is 49.0. The fourth-order valence-electron chi connectivity index (χ4n) is 13.8. The number of hydrogen-bond acceptors (Lipinski definition) is 2. The Hall–Kier alpha value is -8.40. The fraction of sp³-hybridized carbons (Fsp3) is 0.205. The molecule has 0 fully saturated rings. The number of anilines is 6. The van der Waals surface area contributed by atoms with Gasteiger partial charge in [0, 0.05) is 34.1 Å². The highest BCUT2D eigenvalue weighted by molar-refractivity contribution is 7.00. The number of nitrogens with zero attached hydrogens (tertiary/aromatic N) is 2. The summed E-state index contributed by atoms with van der Waals surface area (Å²) < 4.78 is 0. The van der Waals surface area contributed by atoms with Crippen molar-refractivity contribution in [2.24, 2.45) is 0 Å². The quantitative estimate of drug-likeness (QED) is 0.0988. The molecule has 0 bridgehead atoms. The maximum Gasteiger partial charge on any atom is 0.252 e. The molecule has 0 radical (unpaired) electrons. The first kappa shape index (κ1) is 49.6. The third-order valence-electron chi connectivity index (χ3n) is 18.4. The molecule has 81 heavy (non-hydrogen) atoms. The van der Waals surface area contributed by atoms with Gasteiger partial charge in [0.1, 0.15) is 0 Å². The molecule has 0 N–H and O–H groups in total. The number of fused-ring (bicyclic) bond motifs is 8. The highest BCUT2D eigenvalue weighted by Gasteiger charge is 2.45. The van der Waals surface area contributed by atoms with Crippen LogP contribution in [-0.4, -0.2) is 6.71 Å². The second-order valence-electron chi connectivity index (χ2n) is 28.0. The van der Waals surface area contributed by atoms with Crippen molar-refractivity contribution >= 4 is 133 Å². The van der Waals surface area contributed by atoms with Gasteiger partial charge in [-0.3, -0.25) is 0 Å². The SMILES string of the molecule is CC(C)(C)c1cc(N2c3cc4cc5ccccc5cc4cc3B3c4cc5cc6ccccc6cc5cc4N(c4cc(C(C)(C)C)cc(C(C)(C)C)c4)c4cc(-c5ccc6ccc7cccc8ccc5c6c78)cc2c43)cc(C(C)(C)C)c1. The molecule has 3 heteroatoms. The smallest absolute Gasteiger partial charge is 0.252 e. The zero-order chi connectivity index (χ0) is 55.8. The highest BCUT2D eigenvalue weighted by atomic mass is 15.2. The average Bonchev–Trinajstić information content (AvgIpc) is 3.55. The van der Waals surface area contributed by atoms with Gasteiger partial charge < -0.3 is 9.80 Å². The van der Waals surface area contributed by atoms with Crippen LogP contribution in [0.5, 0.6) is 0 Å². The van der Waals surface area contributed by atoms with E-state index in [2.05, 4.69) is 293 Å². The molecule has 0 saturated heterocycles. The summed E-state index contributed by atoms with van der Waals surface area (Å²) in [5.41, 5.74) is 18.6. The molecule has 0 aliphatic carbocycles. The minimum Gasteiger partial charge on any atom is -0.311 e. The van der Waals surface area contributed by atoms with Crippen LogP contribution in [-0.2, 0) is 21.7 Å². The summed E-state index contributed by atoms with van der Waals surface area (Å²) in [6, 6.07) is 78.6. The summed E-state index contributed by atoms with van der Waals surface area (Å²) in [5.74, 6) is 0.